The zero-order chi connectivity index (χ0) is 7.52. The van der Waals surface area contributed by atoms with Gasteiger partial charge in [-0.1, -0.05) is 48.6 Å². The SMILES string of the molecule is C1=CC(SC2C=CC=C2)C=C1. The van der Waals surface area contributed by atoms with Crippen LogP contribution in [0, 0.1) is 0 Å². The Balaban J connectivity index is 1.90. The van der Waals surface area contributed by atoms with Gasteiger partial charge in [-0.05, 0) is 0 Å². The normalized spacial score (nSPS) is 22.5. The van der Waals surface area contributed by atoms with Gasteiger partial charge in [0.25, 0.3) is 0 Å². The Hall–Kier alpha value is -0.690. The first-order chi connectivity index (χ1) is 5.45. The zero-order valence-corrected chi connectivity index (χ0v) is 7.00. The molecular formula is C10H10S. The summed E-state index contributed by atoms with van der Waals surface area (Å²) < 4.78 is 0. The minimum Gasteiger partial charge on any atom is -0.138 e. The Labute approximate surface area is 71.4 Å². The van der Waals surface area contributed by atoms with Crippen molar-refractivity contribution in [3.63, 3.8) is 0 Å². The molecule has 2 rings (SSSR count). The highest BCUT2D eigenvalue weighted by Crippen LogP contribution is 2.26. The largest absolute Gasteiger partial charge is 0.138 e. The van der Waals surface area contributed by atoms with Crippen LogP contribution in [-0.2, 0) is 0 Å². The van der Waals surface area contributed by atoms with E-state index >= 15 is 0 Å². The van der Waals surface area contributed by atoms with Gasteiger partial charge in [-0.2, -0.15) is 0 Å². The van der Waals surface area contributed by atoms with Crippen LogP contribution in [0.4, 0.5) is 0 Å². The predicted molar refractivity (Wildman–Crippen MR) is 51.7 cm³/mol. The number of hydrogen-bond acceptors (Lipinski definition) is 1. The fraction of sp³-hybridized carbons (Fsp3) is 0.200. The average molecular weight is 162 g/mol. The zero-order valence-electron chi connectivity index (χ0n) is 6.18. The standard InChI is InChI=1S/C10H10S/c1-2-6-9(5-1)11-10-7-3-4-8-10/h1-10H. The summed E-state index contributed by atoms with van der Waals surface area (Å²) in [6.45, 7) is 0. The van der Waals surface area contributed by atoms with E-state index in [0.29, 0.717) is 10.5 Å². The maximum Gasteiger partial charge on any atom is 0.0422 e. The Morgan fingerprint density at radius 2 is 1.00 bits per heavy atom. The molecule has 0 bridgehead atoms. The number of rotatable bonds is 2. The highest BCUT2D eigenvalue weighted by atomic mass is 32.2. The Morgan fingerprint density at radius 1 is 0.636 bits per heavy atom. The van der Waals surface area contributed by atoms with Crippen LogP contribution in [0.5, 0.6) is 0 Å². The summed E-state index contributed by atoms with van der Waals surface area (Å²) in [5.74, 6) is 0. The summed E-state index contributed by atoms with van der Waals surface area (Å²) in [6.07, 6.45) is 17.4. The summed E-state index contributed by atoms with van der Waals surface area (Å²) in [4.78, 5) is 0. The highest BCUT2D eigenvalue weighted by molar-refractivity contribution is 8.01. The van der Waals surface area contributed by atoms with Crippen molar-refractivity contribution in [3.05, 3.63) is 48.6 Å². The van der Waals surface area contributed by atoms with Crippen LogP contribution in [0.1, 0.15) is 0 Å². The van der Waals surface area contributed by atoms with E-state index in [1.54, 1.807) is 0 Å². The van der Waals surface area contributed by atoms with Crippen LogP contribution in [0.3, 0.4) is 0 Å². The average Bonchev–Trinajstić information content (AvgIpc) is 2.60. The minimum absolute atomic E-state index is 0.590. The summed E-state index contributed by atoms with van der Waals surface area (Å²) in [5, 5.41) is 1.18. The van der Waals surface area contributed by atoms with Crippen molar-refractivity contribution in [2.75, 3.05) is 0 Å². The second kappa shape index (κ2) is 3.14. The van der Waals surface area contributed by atoms with E-state index in [-0.39, 0.29) is 0 Å². The first-order valence-corrected chi connectivity index (χ1v) is 4.75. The van der Waals surface area contributed by atoms with Gasteiger partial charge in [0.15, 0.2) is 0 Å². The molecule has 56 valence electrons. The van der Waals surface area contributed by atoms with Gasteiger partial charge in [0.1, 0.15) is 0 Å². The number of allylic oxidation sites excluding steroid dienone is 4. The predicted octanol–water partition coefficient (Wildman–Crippen LogP) is 2.71. The first kappa shape index (κ1) is 6.99. The van der Waals surface area contributed by atoms with Crippen LogP contribution >= 0.6 is 11.8 Å². The third kappa shape index (κ3) is 1.66. The Kier molecular flexibility index (Phi) is 1.99. The van der Waals surface area contributed by atoms with E-state index in [2.05, 4.69) is 48.6 Å². The second-order valence-corrected chi connectivity index (χ2v) is 3.97. The van der Waals surface area contributed by atoms with Crippen molar-refractivity contribution >= 4 is 11.8 Å². The lowest BCUT2D eigenvalue weighted by Gasteiger charge is -2.07. The van der Waals surface area contributed by atoms with Crippen molar-refractivity contribution in [1.29, 1.82) is 0 Å². The molecule has 0 heterocycles. The molecule has 0 nitrogen and oxygen atoms in total. The van der Waals surface area contributed by atoms with Gasteiger partial charge in [-0.3, -0.25) is 0 Å². The molecule has 0 spiro atoms. The molecule has 0 saturated carbocycles. The van der Waals surface area contributed by atoms with Gasteiger partial charge in [-0.15, -0.1) is 11.8 Å². The first-order valence-electron chi connectivity index (χ1n) is 3.80. The van der Waals surface area contributed by atoms with E-state index in [1.165, 1.54) is 0 Å². The Bertz CT molecular complexity index is 196. The van der Waals surface area contributed by atoms with Gasteiger partial charge in [0.2, 0.25) is 0 Å². The smallest absolute Gasteiger partial charge is 0.0422 e. The molecule has 0 radical (unpaired) electrons. The maximum absolute atomic E-state index is 2.23. The molecule has 0 fully saturated rings. The minimum atomic E-state index is 0.590. The van der Waals surface area contributed by atoms with E-state index in [1.807, 2.05) is 11.8 Å². The molecule has 0 atom stereocenters. The molecule has 0 aromatic heterocycles. The second-order valence-electron chi connectivity index (χ2n) is 2.60. The van der Waals surface area contributed by atoms with Crippen molar-refractivity contribution in [2.45, 2.75) is 10.5 Å². The van der Waals surface area contributed by atoms with Crippen LogP contribution in [0.25, 0.3) is 0 Å². The van der Waals surface area contributed by atoms with Gasteiger partial charge < -0.3 is 0 Å². The lowest BCUT2D eigenvalue weighted by Crippen LogP contribution is -1.98. The third-order valence-corrected chi connectivity index (χ3v) is 3.00. The van der Waals surface area contributed by atoms with Gasteiger partial charge >= 0.3 is 0 Å². The molecule has 0 saturated heterocycles. The lowest BCUT2D eigenvalue weighted by atomic mass is 10.5. The van der Waals surface area contributed by atoms with Crippen molar-refractivity contribution in [2.24, 2.45) is 0 Å². The lowest BCUT2D eigenvalue weighted by molar-refractivity contribution is 1.39. The van der Waals surface area contributed by atoms with Crippen molar-refractivity contribution in [3.8, 4) is 0 Å². The van der Waals surface area contributed by atoms with Crippen molar-refractivity contribution < 1.29 is 0 Å². The Morgan fingerprint density at radius 3 is 1.36 bits per heavy atom. The van der Waals surface area contributed by atoms with E-state index in [9.17, 15) is 0 Å². The van der Waals surface area contributed by atoms with Gasteiger partial charge in [0.05, 0.1) is 0 Å². The molecule has 2 aliphatic carbocycles. The molecule has 0 aromatic rings. The molecule has 0 N–H and O–H groups in total. The molecule has 0 aromatic carbocycles. The molecular weight excluding hydrogens is 152 g/mol. The fourth-order valence-electron chi connectivity index (χ4n) is 1.19. The molecule has 0 unspecified atom stereocenters. The molecule has 11 heavy (non-hydrogen) atoms. The highest BCUT2D eigenvalue weighted by Gasteiger charge is 2.10. The molecule has 1 heteroatoms. The van der Waals surface area contributed by atoms with E-state index in [0.717, 1.165) is 0 Å². The fourth-order valence-corrected chi connectivity index (χ4v) is 2.27. The van der Waals surface area contributed by atoms with Crippen LogP contribution in [0.2, 0.25) is 0 Å². The summed E-state index contributed by atoms with van der Waals surface area (Å²) in [5.41, 5.74) is 0. The molecule has 0 amide bonds. The van der Waals surface area contributed by atoms with E-state index in [4.69, 9.17) is 0 Å². The monoisotopic (exact) mass is 162 g/mol. The topological polar surface area (TPSA) is 0 Å². The van der Waals surface area contributed by atoms with Gasteiger partial charge in [-0.25, -0.2) is 0 Å². The maximum atomic E-state index is 2.23. The van der Waals surface area contributed by atoms with Gasteiger partial charge in [0, 0.05) is 10.5 Å². The van der Waals surface area contributed by atoms with Crippen LogP contribution < -0.4 is 0 Å². The van der Waals surface area contributed by atoms with E-state index < -0.39 is 0 Å². The quantitative estimate of drug-likeness (QED) is 0.601. The number of thioether (sulfide) groups is 1. The summed E-state index contributed by atoms with van der Waals surface area (Å²) in [7, 11) is 0. The summed E-state index contributed by atoms with van der Waals surface area (Å²) >= 11 is 1.97. The number of hydrogen-bond donors (Lipinski definition) is 0. The third-order valence-electron chi connectivity index (χ3n) is 1.74. The van der Waals surface area contributed by atoms with Crippen molar-refractivity contribution in [1.82, 2.24) is 0 Å². The molecule has 2 aliphatic rings. The van der Waals surface area contributed by atoms with Crippen LogP contribution in [-0.4, -0.2) is 10.5 Å². The molecule has 0 aliphatic heterocycles. The van der Waals surface area contributed by atoms with Crippen LogP contribution in [0.15, 0.2) is 48.6 Å². The summed E-state index contributed by atoms with van der Waals surface area (Å²) in [6, 6.07) is 0.